The Bertz CT molecular complexity index is 977. The molecule has 3 aromatic rings. The second-order valence-corrected chi connectivity index (χ2v) is 8.08. The van der Waals surface area contributed by atoms with Crippen LogP contribution in [0.4, 0.5) is 5.69 Å². The maximum atomic E-state index is 10.4. The van der Waals surface area contributed by atoms with Gasteiger partial charge in [-0.25, -0.2) is 0 Å². The minimum Gasteiger partial charge on any atom is -0.491 e. The number of piperazine rings is 1. The Labute approximate surface area is 180 Å². The topological polar surface area (TPSA) is 48.8 Å². The molecule has 2 aromatic carbocycles. The van der Waals surface area contributed by atoms with Crippen LogP contribution in [0.25, 0.3) is 10.8 Å². The number of fused-ring (bicyclic) bond motifs is 1. The lowest BCUT2D eigenvalue weighted by atomic mass is 10.2. The third-order valence-electron chi connectivity index (χ3n) is 5.14. The van der Waals surface area contributed by atoms with Crippen molar-refractivity contribution in [2.45, 2.75) is 6.10 Å². The fraction of sp³-hybridized carbons (Fsp3) is 0.318. The molecular weight excluding hydrogens is 409 g/mol. The summed E-state index contributed by atoms with van der Waals surface area (Å²) in [6.45, 7) is 4.22. The number of anilines is 1. The summed E-state index contributed by atoms with van der Waals surface area (Å²) in [6, 6.07) is 13.3. The molecule has 152 valence electrons. The lowest BCUT2D eigenvalue weighted by Crippen LogP contribution is -2.49. The molecule has 0 radical (unpaired) electrons. The van der Waals surface area contributed by atoms with Crippen LogP contribution >= 0.6 is 23.2 Å². The number of aliphatic hydroxyl groups excluding tert-OH is 1. The van der Waals surface area contributed by atoms with E-state index in [-0.39, 0.29) is 6.61 Å². The normalized spacial score (nSPS) is 16.2. The van der Waals surface area contributed by atoms with Crippen molar-refractivity contribution in [3.8, 4) is 5.75 Å². The van der Waals surface area contributed by atoms with Gasteiger partial charge in [0.05, 0.1) is 10.7 Å². The van der Waals surface area contributed by atoms with Crippen LogP contribution in [0.3, 0.4) is 0 Å². The van der Waals surface area contributed by atoms with E-state index >= 15 is 0 Å². The van der Waals surface area contributed by atoms with E-state index in [4.69, 9.17) is 27.9 Å². The molecule has 0 spiro atoms. The highest BCUT2D eigenvalue weighted by Crippen LogP contribution is 2.29. The Kier molecular flexibility index (Phi) is 6.40. The third-order valence-corrected chi connectivity index (χ3v) is 5.70. The van der Waals surface area contributed by atoms with Gasteiger partial charge in [-0.15, -0.1) is 0 Å². The first-order valence-electron chi connectivity index (χ1n) is 9.65. The number of benzene rings is 2. The Hall–Kier alpha value is -2.05. The number of nitrogens with zero attached hydrogens (tertiary/aromatic N) is 3. The lowest BCUT2D eigenvalue weighted by molar-refractivity contribution is 0.0663. The number of halogens is 2. The highest BCUT2D eigenvalue weighted by Gasteiger charge is 2.21. The minimum atomic E-state index is -0.551. The van der Waals surface area contributed by atoms with Crippen LogP contribution in [0, 0.1) is 0 Å². The smallest absolute Gasteiger partial charge is 0.120 e. The van der Waals surface area contributed by atoms with Gasteiger partial charge in [0.15, 0.2) is 0 Å². The molecule has 4 rings (SSSR count). The SMILES string of the molecule is OC(COc1ccc2cnccc2c1)CN1CCN(c2cc(Cl)ccc2Cl)CC1. The Morgan fingerprint density at radius 3 is 2.66 bits per heavy atom. The summed E-state index contributed by atoms with van der Waals surface area (Å²) in [6.07, 6.45) is 3.03. The van der Waals surface area contributed by atoms with Gasteiger partial charge in [-0.05, 0) is 47.9 Å². The van der Waals surface area contributed by atoms with Crippen molar-refractivity contribution in [1.29, 1.82) is 0 Å². The Balaban J connectivity index is 1.26. The molecule has 2 heterocycles. The molecule has 7 heteroatoms. The fourth-order valence-electron chi connectivity index (χ4n) is 3.59. The van der Waals surface area contributed by atoms with Crippen LogP contribution < -0.4 is 9.64 Å². The molecule has 29 heavy (non-hydrogen) atoms. The van der Waals surface area contributed by atoms with Crippen LogP contribution in [0.1, 0.15) is 0 Å². The number of aromatic nitrogens is 1. The van der Waals surface area contributed by atoms with Gasteiger partial charge in [-0.3, -0.25) is 9.88 Å². The van der Waals surface area contributed by atoms with Gasteiger partial charge >= 0.3 is 0 Å². The average Bonchev–Trinajstić information content (AvgIpc) is 2.74. The Morgan fingerprint density at radius 1 is 1.00 bits per heavy atom. The number of pyridine rings is 1. The molecule has 1 unspecified atom stereocenters. The van der Waals surface area contributed by atoms with Crippen molar-refractivity contribution in [2.75, 3.05) is 44.2 Å². The van der Waals surface area contributed by atoms with Gasteiger partial charge in [0.1, 0.15) is 18.5 Å². The molecule has 0 saturated carbocycles. The quantitative estimate of drug-likeness (QED) is 0.636. The summed E-state index contributed by atoms with van der Waals surface area (Å²) in [5.74, 6) is 0.753. The van der Waals surface area contributed by atoms with Crippen LogP contribution in [0.15, 0.2) is 54.9 Å². The summed E-state index contributed by atoms with van der Waals surface area (Å²) in [7, 11) is 0. The van der Waals surface area contributed by atoms with Gasteiger partial charge in [0, 0.05) is 55.5 Å². The zero-order valence-electron chi connectivity index (χ0n) is 16.0. The molecule has 1 fully saturated rings. The van der Waals surface area contributed by atoms with E-state index < -0.39 is 6.10 Å². The molecule has 1 aliphatic rings. The van der Waals surface area contributed by atoms with E-state index in [1.165, 1.54) is 0 Å². The number of β-amino-alcohol motifs (C(OH)–C–C–N with tert-alkyl or cyclic N) is 1. The van der Waals surface area contributed by atoms with E-state index in [0.717, 1.165) is 48.4 Å². The van der Waals surface area contributed by atoms with Crippen molar-refractivity contribution in [2.24, 2.45) is 0 Å². The van der Waals surface area contributed by atoms with Gasteiger partial charge in [-0.2, -0.15) is 0 Å². The third kappa shape index (κ3) is 5.11. The van der Waals surface area contributed by atoms with E-state index in [1.807, 2.05) is 42.6 Å². The largest absolute Gasteiger partial charge is 0.491 e. The van der Waals surface area contributed by atoms with E-state index in [0.29, 0.717) is 16.6 Å². The van der Waals surface area contributed by atoms with Crippen LogP contribution in [-0.2, 0) is 0 Å². The second kappa shape index (κ2) is 9.18. The number of aliphatic hydroxyl groups is 1. The van der Waals surface area contributed by atoms with Crippen molar-refractivity contribution in [1.82, 2.24) is 9.88 Å². The summed E-state index contributed by atoms with van der Waals surface area (Å²) in [4.78, 5) is 8.59. The van der Waals surface area contributed by atoms with Gasteiger partial charge in [0.2, 0.25) is 0 Å². The second-order valence-electron chi connectivity index (χ2n) is 7.23. The zero-order valence-corrected chi connectivity index (χ0v) is 17.5. The predicted octanol–water partition coefficient (Wildman–Crippen LogP) is 4.10. The van der Waals surface area contributed by atoms with Crippen LogP contribution in [-0.4, -0.2) is 60.4 Å². The molecule has 1 aliphatic heterocycles. The maximum Gasteiger partial charge on any atom is 0.120 e. The summed E-state index contributed by atoms with van der Waals surface area (Å²) in [5, 5.41) is 13.9. The minimum absolute atomic E-state index is 0.261. The highest BCUT2D eigenvalue weighted by molar-refractivity contribution is 6.35. The lowest BCUT2D eigenvalue weighted by Gasteiger charge is -2.37. The molecule has 0 amide bonds. The molecule has 1 saturated heterocycles. The van der Waals surface area contributed by atoms with Gasteiger partial charge in [-0.1, -0.05) is 23.2 Å². The van der Waals surface area contributed by atoms with Crippen LogP contribution in [0.5, 0.6) is 5.75 Å². The summed E-state index contributed by atoms with van der Waals surface area (Å²) < 4.78 is 5.80. The predicted molar refractivity (Wildman–Crippen MR) is 118 cm³/mol. The van der Waals surface area contributed by atoms with E-state index in [1.54, 1.807) is 12.3 Å². The van der Waals surface area contributed by atoms with Crippen molar-refractivity contribution in [3.63, 3.8) is 0 Å². The first-order chi connectivity index (χ1) is 14.1. The number of rotatable bonds is 6. The molecule has 0 aliphatic carbocycles. The molecule has 5 nitrogen and oxygen atoms in total. The average molecular weight is 432 g/mol. The van der Waals surface area contributed by atoms with Crippen LogP contribution in [0.2, 0.25) is 10.0 Å². The fourth-order valence-corrected chi connectivity index (χ4v) is 4.00. The standard InChI is InChI=1S/C22H23Cl2N3O2/c23-18-2-4-21(24)22(12-18)27-9-7-26(8-10-27)14-19(28)15-29-20-3-1-17-13-25-6-5-16(17)11-20/h1-6,11-13,19,28H,7-10,14-15H2. The van der Waals surface area contributed by atoms with Crippen molar-refractivity contribution < 1.29 is 9.84 Å². The first-order valence-corrected chi connectivity index (χ1v) is 10.4. The molecular formula is C22H23Cl2N3O2. The molecule has 1 N–H and O–H groups in total. The highest BCUT2D eigenvalue weighted by atomic mass is 35.5. The molecule has 0 bridgehead atoms. The molecule has 1 aromatic heterocycles. The van der Waals surface area contributed by atoms with Gasteiger partial charge in [0.25, 0.3) is 0 Å². The van der Waals surface area contributed by atoms with Gasteiger partial charge < -0.3 is 14.7 Å². The monoisotopic (exact) mass is 431 g/mol. The van der Waals surface area contributed by atoms with Crippen molar-refractivity contribution >= 4 is 39.7 Å². The number of ether oxygens (including phenoxy) is 1. The summed E-state index contributed by atoms with van der Waals surface area (Å²) >= 11 is 12.4. The zero-order chi connectivity index (χ0) is 20.2. The first kappa shape index (κ1) is 20.2. The number of hydrogen-bond acceptors (Lipinski definition) is 5. The van der Waals surface area contributed by atoms with Crippen molar-refractivity contribution in [3.05, 3.63) is 64.9 Å². The molecule has 1 atom stereocenters. The maximum absolute atomic E-state index is 10.4. The van der Waals surface area contributed by atoms with E-state index in [9.17, 15) is 5.11 Å². The Morgan fingerprint density at radius 2 is 1.83 bits per heavy atom. The number of hydrogen-bond donors (Lipinski definition) is 1. The van der Waals surface area contributed by atoms with E-state index in [2.05, 4.69) is 14.8 Å². The summed E-state index contributed by atoms with van der Waals surface area (Å²) in [5.41, 5.74) is 0.967.